The van der Waals surface area contributed by atoms with Crippen molar-refractivity contribution >= 4 is 25.3 Å². The first kappa shape index (κ1) is 13.1. The molecular formula is C14H20NO2P. The smallest absolute Gasteiger partial charge is 0.210 e. The Balaban J connectivity index is 2.70. The van der Waals surface area contributed by atoms with E-state index in [-0.39, 0.29) is 8.67 Å². The number of fused-ring (bicyclic) bond motifs is 1. The van der Waals surface area contributed by atoms with E-state index < -0.39 is 0 Å². The number of benzene rings is 1. The van der Waals surface area contributed by atoms with Gasteiger partial charge in [0.25, 0.3) is 0 Å². The van der Waals surface area contributed by atoms with Gasteiger partial charge in [-0.15, -0.1) is 0 Å². The third kappa shape index (κ3) is 2.56. The topological polar surface area (TPSA) is 29.5 Å². The van der Waals surface area contributed by atoms with Gasteiger partial charge in [-0.05, 0) is 33.8 Å². The average molecular weight is 265 g/mol. The van der Waals surface area contributed by atoms with Crippen LogP contribution in [-0.4, -0.2) is 12.1 Å². The fourth-order valence-electron chi connectivity index (χ4n) is 2.26. The van der Waals surface area contributed by atoms with E-state index in [1.807, 2.05) is 18.2 Å². The molecule has 0 N–H and O–H groups in total. The van der Waals surface area contributed by atoms with Gasteiger partial charge in [0, 0.05) is 22.9 Å². The van der Waals surface area contributed by atoms with Crippen molar-refractivity contribution in [3.05, 3.63) is 30.5 Å². The highest BCUT2D eigenvalue weighted by Gasteiger charge is 2.18. The summed E-state index contributed by atoms with van der Waals surface area (Å²) < 4.78 is 11.2. The summed E-state index contributed by atoms with van der Waals surface area (Å²) in [6.45, 7) is 8.71. The van der Waals surface area contributed by atoms with E-state index in [0.717, 1.165) is 16.7 Å². The van der Waals surface area contributed by atoms with Gasteiger partial charge >= 0.3 is 0 Å². The van der Waals surface area contributed by atoms with E-state index in [1.165, 1.54) is 0 Å². The van der Waals surface area contributed by atoms with Crippen molar-refractivity contribution in [3.8, 4) is 0 Å². The molecule has 1 aromatic carbocycles. The van der Waals surface area contributed by atoms with E-state index in [2.05, 4.69) is 38.7 Å². The summed E-state index contributed by atoms with van der Waals surface area (Å²) in [6, 6.07) is 8.95. The molecule has 0 aliphatic carbocycles. The van der Waals surface area contributed by atoms with Crippen molar-refractivity contribution in [1.82, 2.24) is 0 Å². The second-order valence-corrected chi connectivity index (χ2v) is 5.51. The largest absolute Gasteiger partial charge is 0.429 e. The van der Waals surface area contributed by atoms with Gasteiger partial charge < -0.3 is 13.3 Å². The van der Waals surface area contributed by atoms with Crippen molar-refractivity contribution in [2.45, 2.75) is 39.8 Å². The first-order valence-corrected chi connectivity index (χ1v) is 7.08. The van der Waals surface area contributed by atoms with E-state index in [0.29, 0.717) is 12.1 Å². The quantitative estimate of drug-likeness (QED) is 0.798. The highest BCUT2D eigenvalue weighted by atomic mass is 31.1. The zero-order chi connectivity index (χ0) is 13.1. The zero-order valence-electron chi connectivity index (χ0n) is 11.3. The molecule has 0 aliphatic heterocycles. The lowest BCUT2D eigenvalue weighted by Crippen LogP contribution is -2.36. The SMILES string of the molecule is CC(C)N(c1o[pH]occ2ccccc12)C(C)C. The van der Waals surface area contributed by atoms with Crippen LogP contribution in [0.3, 0.4) is 0 Å². The van der Waals surface area contributed by atoms with Gasteiger partial charge in [0.15, 0.2) is 0 Å². The lowest BCUT2D eigenvalue weighted by Gasteiger charge is -2.31. The molecule has 1 atom stereocenters. The van der Waals surface area contributed by atoms with E-state index in [1.54, 1.807) is 6.26 Å². The number of hydrogen-bond donors (Lipinski definition) is 0. The normalized spacial score (nSPS) is 11.7. The van der Waals surface area contributed by atoms with Gasteiger partial charge in [-0.3, -0.25) is 0 Å². The first-order chi connectivity index (χ1) is 8.61. The molecule has 0 saturated heterocycles. The van der Waals surface area contributed by atoms with Crippen LogP contribution in [0, 0.1) is 0 Å². The monoisotopic (exact) mass is 265 g/mol. The summed E-state index contributed by atoms with van der Waals surface area (Å²) in [6.07, 6.45) is 1.78. The number of rotatable bonds is 3. The lowest BCUT2D eigenvalue weighted by molar-refractivity contribution is 0.532. The summed E-state index contributed by atoms with van der Waals surface area (Å²) in [5.74, 6) is 0.919. The van der Waals surface area contributed by atoms with Crippen LogP contribution < -0.4 is 4.90 Å². The number of nitrogens with zero attached hydrogens (tertiary/aromatic N) is 1. The molecule has 1 aromatic heterocycles. The molecule has 0 spiro atoms. The van der Waals surface area contributed by atoms with Crippen molar-refractivity contribution in [2.24, 2.45) is 0 Å². The van der Waals surface area contributed by atoms with Gasteiger partial charge in [-0.2, -0.15) is 0 Å². The van der Waals surface area contributed by atoms with Crippen LogP contribution in [0.4, 0.5) is 5.88 Å². The minimum Gasteiger partial charge on any atom is -0.429 e. The average Bonchev–Trinajstić information content (AvgIpc) is 2.52. The molecule has 18 heavy (non-hydrogen) atoms. The van der Waals surface area contributed by atoms with E-state index >= 15 is 0 Å². The molecule has 4 heteroatoms. The molecule has 2 aromatic rings. The maximum Gasteiger partial charge on any atom is 0.210 e. The molecule has 1 heterocycles. The zero-order valence-corrected chi connectivity index (χ0v) is 12.3. The molecule has 0 bridgehead atoms. The minimum absolute atomic E-state index is 0.0154. The summed E-state index contributed by atoms with van der Waals surface area (Å²) in [5.41, 5.74) is 0. The fraction of sp³-hybridized carbons (Fsp3) is 0.429. The molecule has 0 amide bonds. The van der Waals surface area contributed by atoms with Crippen LogP contribution in [0.25, 0.3) is 10.8 Å². The van der Waals surface area contributed by atoms with Gasteiger partial charge in [-0.1, -0.05) is 18.2 Å². The third-order valence-electron chi connectivity index (χ3n) is 2.91. The Kier molecular flexibility index (Phi) is 4.03. The second-order valence-electron chi connectivity index (χ2n) is 4.91. The van der Waals surface area contributed by atoms with Gasteiger partial charge in [0.1, 0.15) is 6.26 Å². The molecular weight excluding hydrogens is 245 g/mol. The van der Waals surface area contributed by atoms with Crippen molar-refractivity contribution < 1.29 is 8.39 Å². The summed E-state index contributed by atoms with van der Waals surface area (Å²) in [5, 5.41) is 2.17. The van der Waals surface area contributed by atoms with Gasteiger partial charge in [0.05, 0.1) is 0 Å². The molecule has 2 rings (SSSR count). The minimum atomic E-state index is 0.0154. The second kappa shape index (κ2) is 5.53. The Morgan fingerprint density at radius 2 is 1.72 bits per heavy atom. The van der Waals surface area contributed by atoms with Crippen LogP contribution >= 0.6 is 8.67 Å². The molecule has 3 nitrogen and oxygen atoms in total. The van der Waals surface area contributed by atoms with Crippen LogP contribution in [0.5, 0.6) is 0 Å². The summed E-state index contributed by atoms with van der Waals surface area (Å²) >= 11 is 0. The van der Waals surface area contributed by atoms with Gasteiger partial charge in [-0.25, -0.2) is 0 Å². The van der Waals surface area contributed by atoms with Crippen LogP contribution in [0.2, 0.25) is 0 Å². The standard InChI is InChI=1S/C14H20NO2P/c1-10(2)15(11(3)4)14-13-8-6-5-7-12(13)9-16-18-17-14/h5-11,18H,1-4H3. The van der Waals surface area contributed by atoms with E-state index in [4.69, 9.17) is 8.39 Å². The molecule has 98 valence electrons. The Labute approximate surface area is 109 Å². The molecule has 0 fully saturated rings. The van der Waals surface area contributed by atoms with E-state index in [9.17, 15) is 0 Å². The third-order valence-corrected chi connectivity index (χ3v) is 3.40. The Morgan fingerprint density at radius 3 is 2.39 bits per heavy atom. The summed E-state index contributed by atoms with van der Waals surface area (Å²) in [4.78, 5) is 2.29. The van der Waals surface area contributed by atoms with Crippen LogP contribution in [-0.2, 0) is 0 Å². The lowest BCUT2D eigenvalue weighted by atomic mass is 10.1. The Bertz CT molecular complexity index is 541. The highest BCUT2D eigenvalue weighted by Crippen LogP contribution is 2.30. The first-order valence-electron chi connectivity index (χ1n) is 6.26. The fourth-order valence-corrected chi connectivity index (χ4v) is 2.78. The number of hydrogen-bond acceptors (Lipinski definition) is 3. The number of anilines is 1. The molecule has 0 aliphatic rings. The van der Waals surface area contributed by atoms with Crippen molar-refractivity contribution in [1.29, 1.82) is 0 Å². The Hall–Kier alpha value is -1.34. The molecule has 1 unspecified atom stereocenters. The van der Waals surface area contributed by atoms with Crippen LogP contribution in [0.15, 0.2) is 38.9 Å². The predicted octanol–water partition coefficient (Wildman–Crippen LogP) is 4.80. The highest BCUT2D eigenvalue weighted by molar-refractivity contribution is 7.15. The van der Waals surface area contributed by atoms with Crippen molar-refractivity contribution in [2.75, 3.05) is 4.90 Å². The van der Waals surface area contributed by atoms with Crippen molar-refractivity contribution in [3.63, 3.8) is 0 Å². The Morgan fingerprint density at radius 1 is 1.06 bits per heavy atom. The van der Waals surface area contributed by atoms with Crippen LogP contribution in [0.1, 0.15) is 27.7 Å². The molecule has 0 saturated carbocycles. The maximum atomic E-state index is 5.83. The van der Waals surface area contributed by atoms with Gasteiger partial charge in [0.2, 0.25) is 14.6 Å². The summed E-state index contributed by atoms with van der Waals surface area (Å²) in [7, 11) is 0.0154. The predicted molar refractivity (Wildman–Crippen MR) is 78.4 cm³/mol. The molecule has 0 radical (unpaired) electrons. The maximum absolute atomic E-state index is 5.83.